The molecule has 0 bridgehead atoms. The quantitative estimate of drug-likeness (QED) is 0.540. The Hall–Kier alpha value is -2.95. The molecule has 0 aliphatic rings. The molecule has 1 N–H and O–H groups in total. The second-order valence-electron chi connectivity index (χ2n) is 6.38. The first-order valence-electron chi connectivity index (χ1n) is 8.74. The number of nitrogens with one attached hydrogen (secondary N) is 1. The number of fused-ring (bicyclic) bond motifs is 1. The highest BCUT2D eigenvalue weighted by molar-refractivity contribution is 7.89. The lowest BCUT2D eigenvalue weighted by atomic mass is 10.00. The molecule has 4 heteroatoms. The minimum atomic E-state index is -3.70. The molecule has 0 fully saturated rings. The molecule has 0 radical (unpaired) electrons. The highest BCUT2D eigenvalue weighted by atomic mass is 32.2. The smallest absolute Gasteiger partial charge is 0.207 e. The Balaban J connectivity index is 1.75. The third-order valence-electron chi connectivity index (χ3n) is 4.57. The van der Waals surface area contributed by atoms with Crippen molar-refractivity contribution in [3.05, 3.63) is 114 Å². The summed E-state index contributed by atoms with van der Waals surface area (Å²) in [5.74, 6) is 0. The lowest BCUT2D eigenvalue weighted by Crippen LogP contribution is -2.29. The number of hydrogen-bond acceptors (Lipinski definition) is 2. The summed E-state index contributed by atoms with van der Waals surface area (Å²) >= 11 is 0. The van der Waals surface area contributed by atoms with Crippen molar-refractivity contribution in [1.29, 1.82) is 0 Å². The van der Waals surface area contributed by atoms with Crippen LogP contribution < -0.4 is 4.72 Å². The summed E-state index contributed by atoms with van der Waals surface area (Å²) in [6.07, 6.45) is 0. The average Bonchev–Trinajstić information content (AvgIpc) is 2.73. The van der Waals surface area contributed by atoms with Crippen molar-refractivity contribution >= 4 is 20.8 Å². The predicted octanol–water partition coefficient (Wildman–Crippen LogP) is 4.91. The van der Waals surface area contributed by atoms with E-state index in [9.17, 15) is 8.42 Å². The molecular formula is C23H19NO2S. The zero-order valence-corrected chi connectivity index (χ0v) is 15.4. The second-order valence-corrected chi connectivity index (χ2v) is 8.10. The van der Waals surface area contributed by atoms with E-state index in [1.807, 2.05) is 91.0 Å². The molecule has 0 unspecified atom stereocenters. The van der Waals surface area contributed by atoms with Crippen LogP contribution in [-0.2, 0) is 10.0 Å². The van der Waals surface area contributed by atoms with Crippen LogP contribution in [0.1, 0.15) is 17.2 Å². The van der Waals surface area contributed by atoms with Gasteiger partial charge >= 0.3 is 0 Å². The number of benzene rings is 4. The van der Waals surface area contributed by atoms with Crippen molar-refractivity contribution in [2.24, 2.45) is 0 Å². The Kier molecular flexibility index (Phi) is 4.75. The molecule has 4 rings (SSSR count). The fraction of sp³-hybridized carbons (Fsp3) is 0.0435. The van der Waals surface area contributed by atoms with E-state index in [0.29, 0.717) is 0 Å². The summed E-state index contributed by atoms with van der Waals surface area (Å²) in [5.41, 5.74) is 1.79. The molecule has 0 amide bonds. The topological polar surface area (TPSA) is 46.2 Å². The third kappa shape index (κ3) is 3.77. The van der Waals surface area contributed by atoms with Crippen molar-refractivity contribution < 1.29 is 8.42 Å². The Morgan fingerprint density at radius 3 is 1.70 bits per heavy atom. The van der Waals surface area contributed by atoms with E-state index in [1.165, 1.54) is 0 Å². The molecule has 4 aromatic carbocycles. The van der Waals surface area contributed by atoms with Crippen LogP contribution >= 0.6 is 0 Å². The normalized spacial score (nSPS) is 11.7. The van der Waals surface area contributed by atoms with Gasteiger partial charge < -0.3 is 0 Å². The summed E-state index contributed by atoms with van der Waals surface area (Å²) < 4.78 is 29.1. The highest BCUT2D eigenvalue weighted by Gasteiger charge is 2.23. The SMILES string of the molecule is O=S(=O)(NC(c1ccccc1)c1ccccc1)c1ccc2ccccc2c1. The van der Waals surface area contributed by atoms with Crippen LogP contribution in [0.2, 0.25) is 0 Å². The lowest BCUT2D eigenvalue weighted by Gasteiger charge is -2.20. The third-order valence-corrected chi connectivity index (χ3v) is 5.99. The first-order valence-corrected chi connectivity index (χ1v) is 10.2. The number of sulfonamides is 1. The molecule has 0 saturated heterocycles. The van der Waals surface area contributed by atoms with E-state index in [-0.39, 0.29) is 4.90 Å². The van der Waals surface area contributed by atoms with Crippen molar-refractivity contribution in [3.8, 4) is 0 Å². The van der Waals surface area contributed by atoms with Gasteiger partial charge in [0.25, 0.3) is 0 Å². The zero-order chi connectivity index (χ0) is 18.7. The van der Waals surface area contributed by atoms with Gasteiger partial charge in [-0.3, -0.25) is 0 Å². The molecule has 134 valence electrons. The molecule has 0 aliphatic heterocycles. The van der Waals surface area contributed by atoms with Gasteiger partial charge in [0.1, 0.15) is 0 Å². The number of hydrogen-bond donors (Lipinski definition) is 1. The second kappa shape index (κ2) is 7.35. The van der Waals surface area contributed by atoms with Crippen molar-refractivity contribution in [3.63, 3.8) is 0 Å². The van der Waals surface area contributed by atoms with E-state index >= 15 is 0 Å². The molecule has 0 saturated carbocycles. The van der Waals surface area contributed by atoms with Crippen molar-refractivity contribution in [2.75, 3.05) is 0 Å². The van der Waals surface area contributed by atoms with Gasteiger partial charge in [-0.15, -0.1) is 0 Å². The van der Waals surface area contributed by atoms with Crippen LogP contribution in [0.4, 0.5) is 0 Å². The molecule has 0 atom stereocenters. The van der Waals surface area contributed by atoms with Gasteiger partial charge in [-0.25, -0.2) is 8.42 Å². The Morgan fingerprint density at radius 1 is 0.593 bits per heavy atom. The monoisotopic (exact) mass is 373 g/mol. The van der Waals surface area contributed by atoms with Gasteiger partial charge in [-0.1, -0.05) is 91.0 Å². The van der Waals surface area contributed by atoms with Crippen LogP contribution in [0.15, 0.2) is 108 Å². The maximum atomic E-state index is 13.1. The molecular weight excluding hydrogens is 354 g/mol. The van der Waals surface area contributed by atoms with E-state index < -0.39 is 16.1 Å². The van der Waals surface area contributed by atoms with Crippen LogP contribution in [0.5, 0.6) is 0 Å². The minimum absolute atomic E-state index is 0.262. The highest BCUT2D eigenvalue weighted by Crippen LogP contribution is 2.26. The van der Waals surface area contributed by atoms with Crippen LogP contribution in [0.25, 0.3) is 10.8 Å². The summed E-state index contributed by atoms with van der Waals surface area (Å²) in [6, 6.07) is 31.7. The first-order chi connectivity index (χ1) is 13.1. The molecule has 0 heterocycles. The lowest BCUT2D eigenvalue weighted by molar-refractivity contribution is 0.572. The first kappa shape index (κ1) is 17.5. The maximum absolute atomic E-state index is 13.1. The fourth-order valence-electron chi connectivity index (χ4n) is 3.18. The summed E-state index contributed by atoms with van der Waals surface area (Å²) in [7, 11) is -3.70. The van der Waals surface area contributed by atoms with Gasteiger partial charge in [0, 0.05) is 0 Å². The Labute approximate surface area is 159 Å². The van der Waals surface area contributed by atoms with Crippen molar-refractivity contribution in [1.82, 2.24) is 4.72 Å². The summed E-state index contributed by atoms with van der Waals surface area (Å²) in [6.45, 7) is 0. The van der Waals surface area contributed by atoms with Gasteiger partial charge in [0.05, 0.1) is 10.9 Å². The standard InChI is InChI=1S/C23H19NO2S/c25-27(26,22-16-15-18-9-7-8-14-21(18)17-22)24-23(19-10-3-1-4-11-19)20-12-5-2-6-13-20/h1-17,23-24H. The Bertz CT molecular complexity index is 1120. The van der Waals surface area contributed by atoms with Crippen molar-refractivity contribution in [2.45, 2.75) is 10.9 Å². The van der Waals surface area contributed by atoms with E-state index in [4.69, 9.17) is 0 Å². The largest absolute Gasteiger partial charge is 0.241 e. The van der Waals surface area contributed by atoms with E-state index in [0.717, 1.165) is 21.9 Å². The molecule has 0 spiro atoms. The molecule has 0 aromatic heterocycles. The Morgan fingerprint density at radius 2 is 1.11 bits per heavy atom. The van der Waals surface area contributed by atoms with Crippen LogP contribution in [0, 0.1) is 0 Å². The van der Waals surface area contributed by atoms with E-state index in [2.05, 4.69) is 4.72 Å². The van der Waals surface area contributed by atoms with Crippen LogP contribution in [-0.4, -0.2) is 8.42 Å². The molecule has 4 aromatic rings. The number of rotatable bonds is 5. The maximum Gasteiger partial charge on any atom is 0.241 e. The van der Waals surface area contributed by atoms with E-state index in [1.54, 1.807) is 12.1 Å². The van der Waals surface area contributed by atoms with Gasteiger partial charge in [-0.2, -0.15) is 4.72 Å². The van der Waals surface area contributed by atoms with Gasteiger partial charge in [0.15, 0.2) is 0 Å². The minimum Gasteiger partial charge on any atom is -0.207 e. The van der Waals surface area contributed by atoms with Gasteiger partial charge in [0.2, 0.25) is 10.0 Å². The summed E-state index contributed by atoms with van der Waals surface area (Å²) in [5, 5.41) is 1.91. The molecule has 3 nitrogen and oxygen atoms in total. The van der Waals surface area contributed by atoms with Crippen LogP contribution in [0.3, 0.4) is 0 Å². The average molecular weight is 373 g/mol. The fourth-order valence-corrected chi connectivity index (χ4v) is 4.43. The molecule has 27 heavy (non-hydrogen) atoms. The predicted molar refractivity (Wildman–Crippen MR) is 109 cm³/mol. The van der Waals surface area contributed by atoms with Gasteiger partial charge in [-0.05, 0) is 34.0 Å². The zero-order valence-electron chi connectivity index (χ0n) is 14.6. The summed E-state index contributed by atoms with van der Waals surface area (Å²) in [4.78, 5) is 0.262. The molecule has 0 aliphatic carbocycles.